The van der Waals surface area contributed by atoms with E-state index in [4.69, 9.17) is 10.6 Å². The van der Waals surface area contributed by atoms with Crippen molar-refractivity contribution in [1.29, 1.82) is 0 Å². The lowest BCUT2D eigenvalue weighted by Gasteiger charge is -2.50. The highest BCUT2D eigenvalue weighted by Crippen LogP contribution is 2.53. The lowest BCUT2D eigenvalue weighted by molar-refractivity contribution is -0.149. The molecule has 11 nitrogen and oxygen atoms in total. The third-order valence-corrected chi connectivity index (χ3v) is 7.14. The molecule has 0 spiro atoms. The summed E-state index contributed by atoms with van der Waals surface area (Å²) in [6, 6.07) is -1.03. The van der Waals surface area contributed by atoms with Crippen LogP contribution in [0.3, 0.4) is 0 Å². The standard InChI is InChI=1S/C25H33N3O8/c1-6-7-15(29)16-12(8-9-28(4)36-5)10-13-11-14-19(27(2)3)21(31)18(24(26)34)23(33)25(14,35)22(32)17(13)20(16)30/h6-8,13-14,19,29,31-32,35H,9-11H2,1-5H3,(H2,26,34)/b7-6-,12-8+,16-15-/t13-,14-,19-,25-/m0/s1. The molecule has 6 N–H and O–H groups in total. The van der Waals surface area contributed by atoms with E-state index in [0.29, 0.717) is 12.1 Å². The molecule has 3 rings (SSSR count). The van der Waals surface area contributed by atoms with Gasteiger partial charge in [-0.25, -0.2) is 0 Å². The first kappa shape index (κ1) is 27.3. The number of amides is 1. The van der Waals surface area contributed by atoms with E-state index in [0.717, 1.165) is 0 Å². The van der Waals surface area contributed by atoms with Gasteiger partial charge >= 0.3 is 0 Å². The number of Topliss-reactive ketones (excluding diaryl/α,β-unsaturated/α-hetero) is 2. The fourth-order valence-electron chi connectivity index (χ4n) is 5.44. The van der Waals surface area contributed by atoms with Gasteiger partial charge in [-0.1, -0.05) is 12.2 Å². The molecule has 3 aliphatic rings. The van der Waals surface area contributed by atoms with Gasteiger partial charge in [-0.15, -0.1) is 0 Å². The number of aliphatic hydroxyl groups is 4. The number of nitrogens with two attached hydrogens (primary N) is 1. The Morgan fingerprint density at radius 3 is 2.42 bits per heavy atom. The zero-order valence-electron chi connectivity index (χ0n) is 21.0. The number of hydrogen-bond donors (Lipinski definition) is 5. The quantitative estimate of drug-likeness (QED) is 0.151. The summed E-state index contributed by atoms with van der Waals surface area (Å²) in [4.78, 5) is 45.7. The first-order chi connectivity index (χ1) is 16.8. The van der Waals surface area contributed by atoms with Gasteiger partial charge in [-0.2, -0.15) is 5.06 Å². The topological polar surface area (TPSA) is 174 Å². The van der Waals surface area contributed by atoms with Gasteiger partial charge in [0, 0.05) is 25.1 Å². The summed E-state index contributed by atoms with van der Waals surface area (Å²) in [5.41, 5.74) is 2.07. The molecule has 36 heavy (non-hydrogen) atoms. The number of carbonyl (C=O) groups excluding carboxylic acids is 3. The highest BCUT2D eigenvalue weighted by Gasteiger charge is 2.63. The van der Waals surface area contributed by atoms with Crippen molar-refractivity contribution in [1.82, 2.24) is 9.96 Å². The largest absolute Gasteiger partial charge is 0.510 e. The van der Waals surface area contributed by atoms with Crippen LogP contribution in [0.2, 0.25) is 0 Å². The Balaban J connectivity index is 2.26. The number of allylic oxidation sites excluding steroid dienone is 5. The van der Waals surface area contributed by atoms with Crippen LogP contribution in [0, 0.1) is 11.8 Å². The molecule has 1 fully saturated rings. The van der Waals surface area contributed by atoms with Gasteiger partial charge in [0.2, 0.25) is 5.78 Å². The Morgan fingerprint density at radius 1 is 1.25 bits per heavy atom. The van der Waals surface area contributed by atoms with Crippen LogP contribution in [0.4, 0.5) is 0 Å². The SMILES string of the molecule is C\C=C/C(O)=C1/C(=O)C2=C(O)[C@]3(O)C(=O)C(C(N)=O)=C(O)[C@@H](N(C)C)[C@@H]3C[C@@H]2C/C1=C\CN(C)OC. The van der Waals surface area contributed by atoms with Crippen molar-refractivity contribution in [2.24, 2.45) is 17.6 Å². The van der Waals surface area contributed by atoms with Crippen LogP contribution < -0.4 is 5.73 Å². The lowest BCUT2D eigenvalue weighted by Crippen LogP contribution is -2.63. The van der Waals surface area contributed by atoms with Gasteiger partial charge < -0.3 is 31.0 Å². The molecule has 1 amide bonds. The van der Waals surface area contributed by atoms with Crippen LogP contribution in [0.5, 0.6) is 0 Å². The van der Waals surface area contributed by atoms with E-state index < -0.39 is 58.0 Å². The van der Waals surface area contributed by atoms with Gasteiger partial charge in [0.05, 0.1) is 18.7 Å². The van der Waals surface area contributed by atoms with E-state index >= 15 is 0 Å². The summed E-state index contributed by atoms with van der Waals surface area (Å²) >= 11 is 0. The molecule has 0 radical (unpaired) electrons. The fourth-order valence-corrected chi connectivity index (χ4v) is 5.44. The zero-order valence-corrected chi connectivity index (χ0v) is 21.0. The Hall–Kier alpha value is -3.25. The Morgan fingerprint density at radius 2 is 1.89 bits per heavy atom. The fraction of sp³-hybridized carbons (Fsp3) is 0.480. The number of hydrogen-bond acceptors (Lipinski definition) is 10. The van der Waals surface area contributed by atoms with Crippen molar-refractivity contribution in [2.45, 2.75) is 31.4 Å². The van der Waals surface area contributed by atoms with E-state index in [2.05, 4.69) is 0 Å². The highest BCUT2D eigenvalue weighted by atomic mass is 16.7. The number of nitrogens with zero attached hydrogens (tertiary/aromatic N) is 2. The molecular weight excluding hydrogens is 470 g/mol. The first-order valence-electron chi connectivity index (χ1n) is 11.5. The van der Waals surface area contributed by atoms with Gasteiger partial charge in [-0.05, 0) is 51.4 Å². The molecular formula is C25H33N3O8. The molecule has 3 aliphatic carbocycles. The van der Waals surface area contributed by atoms with Crippen LogP contribution in [0.25, 0.3) is 0 Å². The van der Waals surface area contributed by atoms with Gasteiger partial charge in [0.15, 0.2) is 11.4 Å². The third kappa shape index (κ3) is 4.17. The average molecular weight is 504 g/mol. The van der Waals surface area contributed by atoms with E-state index in [1.54, 1.807) is 40.2 Å². The molecule has 1 saturated carbocycles. The van der Waals surface area contributed by atoms with Crippen molar-refractivity contribution in [3.63, 3.8) is 0 Å². The molecule has 0 saturated heterocycles. The minimum absolute atomic E-state index is 0.0292. The number of fused-ring (bicyclic) bond motifs is 2. The number of rotatable bonds is 6. The minimum atomic E-state index is -2.66. The average Bonchev–Trinajstić information content (AvgIpc) is 2.79. The van der Waals surface area contributed by atoms with E-state index in [9.17, 15) is 34.8 Å². The minimum Gasteiger partial charge on any atom is -0.510 e. The Labute approximate surface area is 209 Å². The van der Waals surface area contributed by atoms with Crippen LogP contribution >= 0.6 is 0 Å². The lowest BCUT2D eigenvalue weighted by atomic mass is 9.58. The zero-order chi connectivity index (χ0) is 27.1. The molecule has 0 heterocycles. The van der Waals surface area contributed by atoms with Crippen molar-refractivity contribution < 1.29 is 39.6 Å². The molecule has 0 aromatic carbocycles. The van der Waals surface area contributed by atoms with Crippen molar-refractivity contribution in [3.05, 3.63) is 57.8 Å². The number of hydroxylamine groups is 2. The first-order valence-corrected chi connectivity index (χ1v) is 11.5. The van der Waals surface area contributed by atoms with Gasteiger partial charge in [0.25, 0.3) is 5.91 Å². The Bertz CT molecular complexity index is 1150. The van der Waals surface area contributed by atoms with Crippen molar-refractivity contribution in [2.75, 3.05) is 34.8 Å². The molecule has 0 aromatic heterocycles. The normalized spacial score (nSPS) is 31.6. The highest BCUT2D eigenvalue weighted by molar-refractivity contribution is 6.24. The van der Waals surface area contributed by atoms with E-state index in [-0.39, 0.29) is 29.7 Å². The molecule has 0 aromatic rings. The summed E-state index contributed by atoms with van der Waals surface area (Å²) in [6.45, 7) is 1.95. The number of likely N-dealkylation sites (N-methyl/N-ethyl adjacent to an activating group) is 2. The van der Waals surface area contributed by atoms with Crippen molar-refractivity contribution >= 4 is 17.5 Å². The number of carbonyl (C=O) groups is 3. The molecule has 4 atom stereocenters. The second-order valence-corrected chi connectivity index (χ2v) is 9.45. The van der Waals surface area contributed by atoms with Crippen LogP contribution in [-0.2, 0) is 19.2 Å². The Kier molecular flexibility index (Phi) is 7.61. The number of primary amides is 1. The van der Waals surface area contributed by atoms with Crippen molar-refractivity contribution in [3.8, 4) is 0 Å². The van der Waals surface area contributed by atoms with Crippen LogP contribution in [0.1, 0.15) is 19.8 Å². The summed E-state index contributed by atoms with van der Waals surface area (Å²) < 4.78 is 0. The maximum absolute atomic E-state index is 13.7. The maximum atomic E-state index is 13.7. The van der Waals surface area contributed by atoms with Gasteiger partial charge in [-0.3, -0.25) is 19.3 Å². The molecule has 196 valence electrons. The van der Waals surface area contributed by atoms with Gasteiger partial charge in [0.1, 0.15) is 22.9 Å². The number of ketones is 2. The van der Waals surface area contributed by atoms with E-state index in [1.165, 1.54) is 23.1 Å². The predicted molar refractivity (Wildman–Crippen MR) is 129 cm³/mol. The van der Waals surface area contributed by atoms with Crippen LogP contribution in [0.15, 0.2) is 57.8 Å². The third-order valence-electron chi connectivity index (χ3n) is 7.14. The smallest absolute Gasteiger partial charge is 0.255 e. The predicted octanol–water partition coefficient (Wildman–Crippen LogP) is 0.757. The molecule has 0 bridgehead atoms. The monoisotopic (exact) mass is 503 g/mol. The maximum Gasteiger partial charge on any atom is 0.255 e. The molecule has 0 unspecified atom stereocenters. The summed E-state index contributed by atoms with van der Waals surface area (Å²) in [6.07, 6.45) is 4.83. The summed E-state index contributed by atoms with van der Waals surface area (Å²) in [5.74, 6) is -6.80. The number of aliphatic hydroxyl groups excluding tert-OH is 3. The molecule has 11 heteroatoms. The second kappa shape index (κ2) is 10.0. The van der Waals surface area contributed by atoms with E-state index in [1.807, 2.05) is 0 Å². The molecule has 0 aliphatic heterocycles. The van der Waals surface area contributed by atoms with Crippen LogP contribution in [-0.4, -0.2) is 94.3 Å². The second-order valence-electron chi connectivity index (χ2n) is 9.45. The summed E-state index contributed by atoms with van der Waals surface area (Å²) in [5, 5.41) is 45.9. The summed E-state index contributed by atoms with van der Waals surface area (Å²) in [7, 11) is 6.34.